The minimum Gasteiger partial charge on any atom is -0.363 e. The van der Waals surface area contributed by atoms with Crippen molar-refractivity contribution in [1.29, 1.82) is 0 Å². The van der Waals surface area contributed by atoms with Crippen LogP contribution in [0.5, 0.6) is 0 Å². The number of hydrogen-bond acceptors (Lipinski definition) is 4. The van der Waals surface area contributed by atoms with E-state index < -0.39 is 5.91 Å². The van der Waals surface area contributed by atoms with Crippen LogP contribution in [0.1, 0.15) is 10.6 Å². The molecule has 0 fully saturated rings. The highest BCUT2D eigenvalue weighted by atomic mass is 35.5. The Balaban J connectivity index is 0. The molecule has 0 spiro atoms. The van der Waals surface area contributed by atoms with E-state index in [4.69, 9.17) is 5.73 Å². The Hall–Kier alpha value is -0.810. The third-order valence-corrected chi connectivity index (χ3v) is 0.582. The van der Waals surface area contributed by atoms with E-state index in [0.29, 0.717) is 0 Å². The fourth-order valence-electron chi connectivity index (χ4n) is 0.279. The monoisotopic (exact) mass is 185 g/mol. The van der Waals surface area contributed by atoms with Gasteiger partial charge in [0.1, 0.15) is 0 Å². The fourth-order valence-corrected chi connectivity index (χ4v) is 0.279. The Kier molecular flexibility index (Phi) is 5.98. The van der Waals surface area contributed by atoms with Crippen molar-refractivity contribution in [3.63, 3.8) is 0 Å². The molecule has 10 heavy (non-hydrogen) atoms. The van der Waals surface area contributed by atoms with Crippen LogP contribution in [0.4, 0.5) is 0 Å². The number of primary amides is 1. The van der Waals surface area contributed by atoms with E-state index in [1.807, 2.05) is 0 Å². The maximum absolute atomic E-state index is 10.1. The molecule has 0 aromatic carbocycles. The average molecular weight is 186 g/mol. The zero-order valence-corrected chi connectivity index (χ0v) is 6.32. The zero-order valence-electron chi connectivity index (χ0n) is 4.68. The lowest BCUT2D eigenvalue weighted by atomic mass is 10.6. The van der Waals surface area contributed by atoms with Gasteiger partial charge in [-0.3, -0.25) is 4.79 Å². The summed E-state index contributed by atoms with van der Waals surface area (Å²) in [5.74, 6) is -0.774. The summed E-state index contributed by atoms with van der Waals surface area (Å²) < 4.78 is 4.21. The van der Waals surface area contributed by atoms with Crippen LogP contribution >= 0.6 is 24.8 Å². The third-order valence-electron chi connectivity index (χ3n) is 0.582. The molecule has 7 heteroatoms. The first-order chi connectivity index (χ1) is 3.80. The van der Waals surface area contributed by atoms with E-state index in [1.165, 1.54) is 0 Å². The van der Waals surface area contributed by atoms with Gasteiger partial charge in [0.15, 0.2) is 0 Å². The summed E-state index contributed by atoms with van der Waals surface area (Å²) in [6.45, 7) is 0. The molecule has 0 aliphatic carbocycles. The predicted octanol–water partition coefficient (Wildman–Crippen LogP) is 0.0121. The van der Waals surface area contributed by atoms with Crippen molar-refractivity contribution in [3.05, 3.63) is 12.2 Å². The van der Waals surface area contributed by atoms with Crippen molar-refractivity contribution < 1.29 is 9.32 Å². The lowest BCUT2D eigenvalue weighted by Crippen LogP contribution is -2.12. The van der Waals surface area contributed by atoms with Gasteiger partial charge in [-0.15, -0.1) is 24.8 Å². The molecular formula is C3H5Cl2N3O2. The molecule has 1 aromatic rings. The molecule has 1 aromatic heterocycles. The Labute approximate surface area is 68.8 Å². The molecule has 1 amide bonds. The molecule has 0 bridgehead atoms. The number of amides is 1. The van der Waals surface area contributed by atoms with Gasteiger partial charge in [-0.25, -0.2) is 0 Å². The average Bonchev–Trinajstić information content (AvgIpc) is 2.12. The molecule has 2 N–H and O–H groups in total. The molecule has 0 aliphatic heterocycles. The molecular weight excluding hydrogens is 181 g/mol. The summed E-state index contributed by atoms with van der Waals surface area (Å²) in [5, 5.41) is 3.16. The van der Waals surface area contributed by atoms with E-state index in [1.54, 1.807) is 0 Å². The van der Waals surface area contributed by atoms with Crippen molar-refractivity contribution in [2.45, 2.75) is 0 Å². The summed E-state index contributed by atoms with van der Waals surface area (Å²) in [4.78, 5) is 13.5. The Morgan fingerprint density at radius 1 is 1.60 bits per heavy atom. The second-order valence-electron chi connectivity index (χ2n) is 1.12. The number of hydrogen-bond donors (Lipinski definition) is 1. The van der Waals surface area contributed by atoms with Gasteiger partial charge in [-0.1, -0.05) is 5.16 Å². The molecule has 0 saturated carbocycles. The topological polar surface area (TPSA) is 82.0 Å². The molecule has 58 valence electrons. The van der Waals surface area contributed by atoms with Gasteiger partial charge in [0.05, 0.1) is 0 Å². The zero-order chi connectivity index (χ0) is 5.98. The van der Waals surface area contributed by atoms with E-state index in [-0.39, 0.29) is 30.6 Å². The van der Waals surface area contributed by atoms with Crippen LogP contribution in [0, 0.1) is 0 Å². The van der Waals surface area contributed by atoms with E-state index in [2.05, 4.69) is 14.7 Å². The van der Waals surface area contributed by atoms with E-state index in [9.17, 15) is 4.79 Å². The van der Waals surface area contributed by atoms with Crippen LogP contribution in [-0.4, -0.2) is 16.0 Å². The highest BCUT2D eigenvalue weighted by molar-refractivity contribution is 5.88. The van der Waals surface area contributed by atoms with Crippen LogP contribution in [0.15, 0.2) is 10.9 Å². The van der Waals surface area contributed by atoms with Crippen molar-refractivity contribution in [3.8, 4) is 0 Å². The molecule has 0 unspecified atom stereocenters. The van der Waals surface area contributed by atoms with E-state index in [0.717, 1.165) is 6.39 Å². The minimum absolute atomic E-state index is 0. The number of aromatic nitrogens is 2. The van der Waals surface area contributed by atoms with Crippen LogP contribution in [0.25, 0.3) is 0 Å². The first-order valence-electron chi connectivity index (χ1n) is 1.87. The molecule has 0 atom stereocenters. The number of rotatable bonds is 1. The molecule has 0 aliphatic rings. The summed E-state index contributed by atoms with van der Waals surface area (Å²) >= 11 is 0. The maximum atomic E-state index is 10.1. The van der Waals surface area contributed by atoms with Crippen LogP contribution in [-0.2, 0) is 0 Å². The second-order valence-corrected chi connectivity index (χ2v) is 1.12. The third kappa shape index (κ3) is 2.65. The van der Waals surface area contributed by atoms with Gasteiger partial charge in [0.2, 0.25) is 6.39 Å². The summed E-state index contributed by atoms with van der Waals surface area (Å²) in [7, 11) is 0. The van der Waals surface area contributed by atoms with Gasteiger partial charge in [-0.2, -0.15) is 4.98 Å². The van der Waals surface area contributed by atoms with Crippen LogP contribution in [0.2, 0.25) is 0 Å². The predicted molar refractivity (Wildman–Crippen MR) is 37.3 cm³/mol. The lowest BCUT2D eigenvalue weighted by Gasteiger charge is -1.75. The SMILES string of the molecule is Cl.Cl.NC(=O)c1ncon1. The largest absolute Gasteiger partial charge is 0.363 e. The van der Waals surface area contributed by atoms with Crippen molar-refractivity contribution in [2.75, 3.05) is 0 Å². The van der Waals surface area contributed by atoms with Crippen molar-refractivity contribution >= 4 is 30.7 Å². The number of nitrogens with zero attached hydrogens (tertiary/aromatic N) is 2. The molecule has 5 nitrogen and oxygen atoms in total. The first kappa shape index (κ1) is 11.9. The summed E-state index contributed by atoms with van der Waals surface area (Å²) in [5.41, 5.74) is 4.73. The smallest absolute Gasteiger partial charge is 0.290 e. The van der Waals surface area contributed by atoms with E-state index >= 15 is 0 Å². The molecule has 1 heterocycles. The van der Waals surface area contributed by atoms with Gasteiger partial charge in [0, 0.05) is 0 Å². The number of nitrogens with two attached hydrogens (primary N) is 1. The van der Waals surface area contributed by atoms with Crippen molar-refractivity contribution in [2.24, 2.45) is 5.73 Å². The quantitative estimate of drug-likeness (QED) is 0.669. The summed E-state index contributed by atoms with van der Waals surface area (Å²) in [6.07, 6.45) is 1.04. The number of carbonyl (C=O) groups is 1. The number of halogens is 2. The Morgan fingerprint density at radius 2 is 2.20 bits per heavy atom. The highest BCUT2D eigenvalue weighted by Gasteiger charge is 2.02. The second kappa shape index (κ2) is 5.01. The van der Waals surface area contributed by atoms with Crippen LogP contribution < -0.4 is 5.73 Å². The molecule has 1 rings (SSSR count). The van der Waals surface area contributed by atoms with Crippen molar-refractivity contribution in [1.82, 2.24) is 10.1 Å². The fraction of sp³-hybridized carbons (Fsp3) is 0. The molecule has 0 radical (unpaired) electrons. The van der Waals surface area contributed by atoms with Gasteiger partial charge < -0.3 is 10.3 Å². The normalized spacial score (nSPS) is 7.20. The highest BCUT2D eigenvalue weighted by Crippen LogP contribution is 1.82. The standard InChI is InChI=1S/C3H3N3O2.2ClH/c4-2(7)3-5-1-8-6-3;;/h1H,(H2,4,7);2*1H. The minimum atomic E-state index is -0.682. The Morgan fingerprint density at radius 3 is 2.40 bits per heavy atom. The van der Waals surface area contributed by atoms with Gasteiger partial charge >= 0.3 is 0 Å². The maximum Gasteiger partial charge on any atom is 0.290 e. The summed E-state index contributed by atoms with van der Waals surface area (Å²) in [6, 6.07) is 0. The van der Waals surface area contributed by atoms with Gasteiger partial charge in [0.25, 0.3) is 11.7 Å². The van der Waals surface area contributed by atoms with Gasteiger partial charge in [-0.05, 0) is 0 Å². The number of carbonyl (C=O) groups excluding carboxylic acids is 1. The lowest BCUT2D eigenvalue weighted by molar-refractivity contribution is 0.0987. The first-order valence-corrected chi connectivity index (χ1v) is 1.87. The Bertz CT molecular complexity index is 188. The van der Waals surface area contributed by atoms with Crippen LogP contribution in [0.3, 0.4) is 0 Å². The molecule has 0 saturated heterocycles.